The molecule has 0 bridgehead atoms. The highest BCUT2D eigenvalue weighted by atomic mass is 32.2. The van der Waals surface area contributed by atoms with Crippen molar-refractivity contribution in [3.63, 3.8) is 0 Å². The van der Waals surface area contributed by atoms with E-state index in [4.69, 9.17) is 9.47 Å². The first-order valence-corrected chi connectivity index (χ1v) is 10.5. The second kappa shape index (κ2) is 8.62. The quantitative estimate of drug-likeness (QED) is 0.799. The Morgan fingerprint density at radius 3 is 2.07 bits per heavy atom. The van der Waals surface area contributed by atoms with Crippen LogP contribution in [-0.4, -0.2) is 52.6 Å². The van der Waals surface area contributed by atoms with E-state index in [0.717, 1.165) is 0 Å². The molecular formula is C20H24N2O5S. The number of nitrogens with one attached hydrogen (secondary N) is 1. The van der Waals surface area contributed by atoms with Crippen molar-refractivity contribution >= 4 is 15.9 Å². The first-order valence-electron chi connectivity index (χ1n) is 9.04. The van der Waals surface area contributed by atoms with Crippen LogP contribution in [0, 0.1) is 0 Å². The normalized spacial score (nSPS) is 15.3. The average Bonchev–Trinajstić information content (AvgIpc) is 2.73. The second-order valence-electron chi connectivity index (χ2n) is 6.54. The highest BCUT2D eigenvalue weighted by Crippen LogP contribution is 2.30. The van der Waals surface area contributed by atoms with Gasteiger partial charge in [0.15, 0.2) is 0 Å². The van der Waals surface area contributed by atoms with E-state index in [0.29, 0.717) is 43.0 Å². The molecule has 1 saturated heterocycles. The van der Waals surface area contributed by atoms with Gasteiger partial charge in [-0.25, -0.2) is 13.1 Å². The molecule has 0 radical (unpaired) electrons. The summed E-state index contributed by atoms with van der Waals surface area (Å²) in [5, 5.41) is 0. The summed E-state index contributed by atoms with van der Waals surface area (Å²) in [6.45, 7) is 0.893. The van der Waals surface area contributed by atoms with E-state index in [9.17, 15) is 13.2 Å². The van der Waals surface area contributed by atoms with Gasteiger partial charge in [-0.3, -0.25) is 4.79 Å². The van der Waals surface area contributed by atoms with Gasteiger partial charge in [0.25, 0.3) is 5.91 Å². The molecule has 1 fully saturated rings. The molecule has 0 aromatic heterocycles. The summed E-state index contributed by atoms with van der Waals surface area (Å²) in [4.78, 5) is 14.9. The van der Waals surface area contributed by atoms with Gasteiger partial charge < -0.3 is 14.4 Å². The van der Waals surface area contributed by atoms with Crippen LogP contribution < -0.4 is 14.2 Å². The van der Waals surface area contributed by atoms with Crippen molar-refractivity contribution in [1.29, 1.82) is 0 Å². The van der Waals surface area contributed by atoms with Crippen molar-refractivity contribution in [2.24, 2.45) is 0 Å². The summed E-state index contributed by atoms with van der Waals surface area (Å²) in [5.41, 5.74) is 0.385. The molecule has 7 nitrogen and oxygen atoms in total. The highest BCUT2D eigenvalue weighted by Gasteiger charge is 2.29. The fourth-order valence-corrected chi connectivity index (χ4v) is 4.63. The van der Waals surface area contributed by atoms with Crippen LogP contribution in [0.5, 0.6) is 11.5 Å². The molecule has 1 heterocycles. The first kappa shape index (κ1) is 20.2. The van der Waals surface area contributed by atoms with Crippen molar-refractivity contribution in [3.8, 4) is 11.5 Å². The lowest BCUT2D eigenvalue weighted by Crippen LogP contribution is -2.46. The number of carbonyl (C=O) groups is 1. The molecule has 2 aromatic carbocycles. The first-order chi connectivity index (χ1) is 13.5. The number of methoxy groups -OCH3 is 2. The zero-order chi connectivity index (χ0) is 20.1. The maximum absolute atomic E-state index is 13.0. The number of piperidine rings is 1. The van der Waals surface area contributed by atoms with E-state index in [2.05, 4.69) is 4.72 Å². The third kappa shape index (κ3) is 4.28. The molecule has 1 aliphatic heterocycles. The average molecular weight is 404 g/mol. The maximum Gasteiger partial charge on any atom is 0.261 e. The van der Waals surface area contributed by atoms with E-state index in [1.54, 1.807) is 53.4 Å². The molecule has 1 N–H and O–H groups in total. The Balaban J connectivity index is 1.67. The van der Waals surface area contributed by atoms with Gasteiger partial charge in [0, 0.05) is 19.1 Å². The number of carbonyl (C=O) groups excluding carboxylic acids is 1. The lowest BCUT2D eigenvalue weighted by molar-refractivity contribution is 0.0704. The third-order valence-electron chi connectivity index (χ3n) is 4.80. The van der Waals surface area contributed by atoms with Gasteiger partial charge >= 0.3 is 0 Å². The van der Waals surface area contributed by atoms with Crippen molar-refractivity contribution in [2.75, 3.05) is 27.3 Å². The number of nitrogens with zero attached hydrogens (tertiary/aromatic N) is 1. The Morgan fingerprint density at radius 2 is 1.54 bits per heavy atom. The Morgan fingerprint density at radius 1 is 0.964 bits per heavy atom. The minimum atomic E-state index is -3.56. The number of rotatable bonds is 6. The zero-order valence-corrected chi connectivity index (χ0v) is 16.7. The van der Waals surface area contributed by atoms with Crippen molar-refractivity contribution in [1.82, 2.24) is 9.62 Å². The van der Waals surface area contributed by atoms with Gasteiger partial charge in [-0.05, 0) is 37.1 Å². The van der Waals surface area contributed by atoms with Crippen LogP contribution in [0.2, 0.25) is 0 Å². The van der Waals surface area contributed by atoms with Gasteiger partial charge in [-0.15, -0.1) is 0 Å². The van der Waals surface area contributed by atoms with Crippen LogP contribution in [-0.2, 0) is 10.0 Å². The lowest BCUT2D eigenvalue weighted by atomic mass is 10.0. The lowest BCUT2D eigenvalue weighted by Gasteiger charge is -2.32. The van der Waals surface area contributed by atoms with Crippen LogP contribution in [0.25, 0.3) is 0 Å². The molecule has 1 aliphatic rings. The van der Waals surface area contributed by atoms with E-state index >= 15 is 0 Å². The molecule has 0 atom stereocenters. The van der Waals surface area contributed by atoms with Gasteiger partial charge in [0.2, 0.25) is 10.0 Å². The van der Waals surface area contributed by atoms with Gasteiger partial charge in [-0.1, -0.05) is 24.3 Å². The number of hydrogen-bond donors (Lipinski definition) is 1. The second-order valence-corrected chi connectivity index (χ2v) is 8.25. The van der Waals surface area contributed by atoms with E-state index in [-0.39, 0.29) is 16.8 Å². The summed E-state index contributed by atoms with van der Waals surface area (Å²) in [5.74, 6) is 0.728. The molecule has 3 rings (SSSR count). The molecule has 0 saturated carbocycles. The third-order valence-corrected chi connectivity index (χ3v) is 6.34. The van der Waals surface area contributed by atoms with Crippen LogP contribution in [0.15, 0.2) is 53.4 Å². The Kier molecular flexibility index (Phi) is 6.21. The largest absolute Gasteiger partial charge is 0.496 e. The summed E-state index contributed by atoms with van der Waals surface area (Å²) < 4.78 is 38.3. The van der Waals surface area contributed by atoms with Crippen LogP contribution in [0.1, 0.15) is 23.2 Å². The zero-order valence-electron chi connectivity index (χ0n) is 15.9. The van der Waals surface area contributed by atoms with Crippen LogP contribution >= 0.6 is 0 Å². The molecular weight excluding hydrogens is 380 g/mol. The van der Waals surface area contributed by atoms with Crippen molar-refractivity contribution in [3.05, 3.63) is 54.1 Å². The monoisotopic (exact) mass is 404 g/mol. The Hall–Kier alpha value is -2.58. The van der Waals surface area contributed by atoms with E-state index in [1.165, 1.54) is 14.2 Å². The molecule has 8 heteroatoms. The van der Waals surface area contributed by atoms with Crippen molar-refractivity contribution in [2.45, 2.75) is 23.8 Å². The highest BCUT2D eigenvalue weighted by molar-refractivity contribution is 7.89. The van der Waals surface area contributed by atoms with Gasteiger partial charge in [0.1, 0.15) is 17.1 Å². The molecule has 1 amide bonds. The van der Waals surface area contributed by atoms with E-state index in [1.807, 2.05) is 0 Å². The molecule has 150 valence electrons. The summed E-state index contributed by atoms with van der Waals surface area (Å²) in [7, 11) is -0.544. The van der Waals surface area contributed by atoms with Crippen LogP contribution in [0.3, 0.4) is 0 Å². The number of amides is 1. The van der Waals surface area contributed by atoms with Gasteiger partial charge in [-0.2, -0.15) is 0 Å². The number of likely N-dealkylation sites (tertiary alicyclic amines) is 1. The standard InChI is InChI=1S/C20H24N2O5S/c1-26-17-9-6-10-18(27-2)19(17)20(23)22-13-11-15(12-14-22)21-28(24,25)16-7-4-3-5-8-16/h3-10,15,21H,11-14H2,1-2H3. The van der Waals surface area contributed by atoms with Gasteiger partial charge in [0.05, 0.1) is 19.1 Å². The molecule has 28 heavy (non-hydrogen) atoms. The topological polar surface area (TPSA) is 84.9 Å². The fraction of sp³-hybridized carbons (Fsp3) is 0.350. The molecule has 0 spiro atoms. The van der Waals surface area contributed by atoms with Crippen LogP contribution in [0.4, 0.5) is 0 Å². The summed E-state index contributed by atoms with van der Waals surface area (Å²) in [6.07, 6.45) is 1.07. The summed E-state index contributed by atoms with van der Waals surface area (Å²) >= 11 is 0. The minimum Gasteiger partial charge on any atom is -0.496 e. The maximum atomic E-state index is 13.0. The molecule has 2 aromatic rings. The Bertz CT molecular complexity index is 901. The van der Waals surface area contributed by atoms with Crippen molar-refractivity contribution < 1.29 is 22.7 Å². The number of benzene rings is 2. The molecule has 0 aliphatic carbocycles. The fourth-order valence-electron chi connectivity index (χ4n) is 3.31. The predicted molar refractivity (Wildman–Crippen MR) is 105 cm³/mol. The SMILES string of the molecule is COc1cccc(OC)c1C(=O)N1CCC(NS(=O)(=O)c2ccccc2)CC1. The smallest absolute Gasteiger partial charge is 0.261 e. The number of hydrogen-bond acceptors (Lipinski definition) is 5. The van der Waals surface area contributed by atoms with E-state index < -0.39 is 10.0 Å². The summed E-state index contributed by atoms with van der Waals surface area (Å²) in [6, 6.07) is 13.3. The number of sulfonamides is 1. The molecule has 0 unspecified atom stereocenters. The number of ether oxygens (including phenoxy) is 2. The predicted octanol–water partition coefficient (Wildman–Crippen LogP) is 2.29. The Labute approximate surface area is 165 Å². The minimum absolute atomic E-state index is 0.182.